The molecule has 0 bridgehead atoms. The van der Waals surface area contributed by atoms with Crippen LogP contribution in [0.5, 0.6) is 0 Å². The number of nitrogens with zero attached hydrogens (tertiary/aromatic N) is 3. The molecule has 0 atom stereocenters. The van der Waals surface area contributed by atoms with Gasteiger partial charge in [0.15, 0.2) is 0 Å². The standard InChI is InChI=1S/C8H5ClFN3/c9-7-2-1-6(5-8(7)10)13-11-3-4-12-13/h1-5H. The van der Waals surface area contributed by atoms with Crippen LogP contribution in [-0.4, -0.2) is 15.0 Å². The Morgan fingerprint density at radius 3 is 2.54 bits per heavy atom. The molecule has 2 rings (SSSR count). The molecule has 13 heavy (non-hydrogen) atoms. The predicted molar refractivity (Wildman–Crippen MR) is 46.3 cm³/mol. The molecule has 0 amide bonds. The van der Waals surface area contributed by atoms with Gasteiger partial charge in [-0.05, 0) is 12.1 Å². The van der Waals surface area contributed by atoms with Crippen LogP contribution in [0.1, 0.15) is 0 Å². The van der Waals surface area contributed by atoms with Gasteiger partial charge in [0.25, 0.3) is 0 Å². The lowest BCUT2D eigenvalue weighted by molar-refractivity contribution is 0.623. The third-order valence-corrected chi connectivity index (χ3v) is 1.86. The van der Waals surface area contributed by atoms with Gasteiger partial charge >= 0.3 is 0 Å². The van der Waals surface area contributed by atoms with Gasteiger partial charge < -0.3 is 0 Å². The quantitative estimate of drug-likeness (QED) is 0.701. The van der Waals surface area contributed by atoms with Crippen LogP contribution in [0, 0.1) is 5.82 Å². The van der Waals surface area contributed by atoms with Gasteiger partial charge in [0.1, 0.15) is 5.82 Å². The fourth-order valence-electron chi connectivity index (χ4n) is 0.959. The Labute approximate surface area is 78.8 Å². The highest BCUT2D eigenvalue weighted by atomic mass is 35.5. The molecule has 0 aliphatic heterocycles. The number of hydrogen-bond acceptors (Lipinski definition) is 2. The molecule has 1 heterocycles. The molecular formula is C8H5ClFN3. The highest BCUT2D eigenvalue weighted by Gasteiger charge is 2.02. The van der Waals surface area contributed by atoms with Crippen molar-refractivity contribution in [3.8, 4) is 5.69 Å². The van der Waals surface area contributed by atoms with Gasteiger partial charge in [0, 0.05) is 6.07 Å². The lowest BCUT2D eigenvalue weighted by Gasteiger charge is -1.99. The van der Waals surface area contributed by atoms with Crippen molar-refractivity contribution in [2.24, 2.45) is 0 Å². The molecule has 0 aliphatic rings. The van der Waals surface area contributed by atoms with Crippen LogP contribution >= 0.6 is 11.6 Å². The van der Waals surface area contributed by atoms with Gasteiger partial charge in [-0.15, -0.1) is 0 Å². The molecule has 0 aliphatic carbocycles. The highest BCUT2D eigenvalue weighted by Crippen LogP contribution is 2.16. The first-order chi connectivity index (χ1) is 6.27. The summed E-state index contributed by atoms with van der Waals surface area (Å²) in [4.78, 5) is 1.32. The normalized spacial score (nSPS) is 10.3. The first-order valence-corrected chi connectivity index (χ1v) is 3.97. The third-order valence-electron chi connectivity index (χ3n) is 1.55. The maximum Gasteiger partial charge on any atom is 0.144 e. The van der Waals surface area contributed by atoms with Crippen LogP contribution in [0.15, 0.2) is 30.6 Å². The average Bonchev–Trinajstić information content (AvgIpc) is 2.62. The van der Waals surface area contributed by atoms with E-state index in [-0.39, 0.29) is 5.02 Å². The zero-order valence-corrected chi connectivity index (χ0v) is 7.24. The van der Waals surface area contributed by atoms with Crippen LogP contribution in [0.2, 0.25) is 5.02 Å². The Kier molecular flexibility index (Phi) is 1.98. The van der Waals surface area contributed by atoms with E-state index in [0.29, 0.717) is 5.69 Å². The molecule has 0 saturated heterocycles. The molecule has 1 aromatic heterocycles. The molecule has 3 nitrogen and oxygen atoms in total. The lowest BCUT2D eigenvalue weighted by atomic mass is 10.3. The summed E-state index contributed by atoms with van der Waals surface area (Å²) in [5, 5.41) is 7.80. The molecule has 66 valence electrons. The minimum absolute atomic E-state index is 0.0934. The fourth-order valence-corrected chi connectivity index (χ4v) is 1.08. The van der Waals surface area contributed by atoms with Gasteiger partial charge in [0.2, 0.25) is 0 Å². The van der Waals surface area contributed by atoms with E-state index in [1.165, 1.54) is 29.3 Å². The number of hydrogen-bond donors (Lipinski definition) is 0. The SMILES string of the molecule is Fc1cc(-n2nccn2)ccc1Cl. The Bertz CT molecular complexity index is 413. The smallest absolute Gasteiger partial charge is 0.144 e. The Balaban J connectivity index is 2.49. The summed E-state index contributed by atoms with van der Waals surface area (Å²) >= 11 is 5.52. The minimum Gasteiger partial charge on any atom is -0.205 e. The van der Waals surface area contributed by atoms with Crippen LogP contribution in [0.25, 0.3) is 5.69 Å². The van der Waals surface area contributed by atoms with Crippen LogP contribution < -0.4 is 0 Å². The molecule has 0 saturated carbocycles. The lowest BCUT2D eigenvalue weighted by Crippen LogP contribution is -1.98. The molecule has 0 radical (unpaired) electrons. The largest absolute Gasteiger partial charge is 0.205 e. The summed E-state index contributed by atoms with van der Waals surface area (Å²) < 4.78 is 13.0. The monoisotopic (exact) mass is 197 g/mol. The summed E-state index contributed by atoms with van der Waals surface area (Å²) in [5.74, 6) is -0.475. The summed E-state index contributed by atoms with van der Waals surface area (Å²) in [7, 11) is 0. The van der Waals surface area contributed by atoms with Gasteiger partial charge in [-0.2, -0.15) is 15.0 Å². The van der Waals surface area contributed by atoms with Crippen molar-refractivity contribution < 1.29 is 4.39 Å². The van der Waals surface area contributed by atoms with Crippen molar-refractivity contribution in [2.45, 2.75) is 0 Å². The summed E-state index contributed by atoms with van der Waals surface area (Å²) in [6, 6.07) is 4.39. The minimum atomic E-state index is -0.475. The van der Waals surface area contributed by atoms with Gasteiger partial charge in [-0.3, -0.25) is 0 Å². The van der Waals surface area contributed by atoms with Crippen molar-refractivity contribution in [3.05, 3.63) is 41.4 Å². The van der Waals surface area contributed by atoms with E-state index in [1.807, 2.05) is 0 Å². The van der Waals surface area contributed by atoms with E-state index in [2.05, 4.69) is 10.2 Å². The Hall–Kier alpha value is -1.42. The van der Waals surface area contributed by atoms with E-state index in [0.717, 1.165) is 0 Å². The number of rotatable bonds is 1. The first-order valence-electron chi connectivity index (χ1n) is 3.59. The van der Waals surface area contributed by atoms with Crippen molar-refractivity contribution in [1.29, 1.82) is 0 Å². The van der Waals surface area contributed by atoms with Gasteiger partial charge in [0.05, 0.1) is 23.1 Å². The molecule has 0 fully saturated rings. The zero-order valence-electron chi connectivity index (χ0n) is 6.48. The third kappa shape index (κ3) is 1.53. The molecular weight excluding hydrogens is 193 g/mol. The maximum atomic E-state index is 13.0. The van der Waals surface area contributed by atoms with E-state index in [1.54, 1.807) is 6.07 Å². The van der Waals surface area contributed by atoms with Crippen molar-refractivity contribution in [1.82, 2.24) is 15.0 Å². The Morgan fingerprint density at radius 1 is 1.23 bits per heavy atom. The second kappa shape index (κ2) is 3.14. The second-order valence-corrected chi connectivity index (χ2v) is 2.82. The molecule has 1 aromatic carbocycles. The topological polar surface area (TPSA) is 30.7 Å². The number of aromatic nitrogens is 3. The Morgan fingerprint density at radius 2 is 1.92 bits per heavy atom. The maximum absolute atomic E-state index is 13.0. The number of halogens is 2. The highest BCUT2D eigenvalue weighted by molar-refractivity contribution is 6.30. The van der Waals surface area contributed by atoms with Gasteiger partial charge in [-0.25, -0.2) is 4.39 Å². The molecule has 5 heteroatoms. The second-order valence-electron chi connectivity index (χ2n) is 2.42. The molecule has 0 N–H and O–H groups in total. The van der Waals surface area contributed by atoms with Crippen molar-refractivity contribution in [2.75, 3.05) is 0 Å². The van der Waals surface area contributed by atoms with Crippen molar-refractivity contribution in [3.63, 3.8) is 0 Å². The molecule has 0 unspecified atom stereocenters. The predicted octanol–water partition coefficient (Wildman–Crippen LogP) is 2.06. The van der Waals surface area contributed by atoms with E-state index >= 15 is 0 Å². The summed E-state index contributed by atoms with van der Waals surface area (Å²) in [6.45, 7) is 0. The van der Waals surface area contributed by atoms with E-state index < -0.39 is 5.82 Å². The first kappa shape index (κ1) is 8.19. The summed E-state index contributed by atoms with van der Waals surface area (Å²) in [6.07, 6.45) is 3.04. The molecule has 2 aromatic rings. The average molecular weight is 198 g/mol. The van der Waals surface area contributed by atoms with Crippen LogP contribution in [0.3, 0.4) is 0 Å². The van der Waals surface area contributed by atoms with Crippen molar-refractivity contribution >= 4 is 11.6 Å². The van der Waals surface area contributed by atoms with E-state index in [9.17, 15) is 4.39 Å². The summed E-state index contributed by atoms with van der Waals surface area (Å²) in [5.41, 5.74) is 0.548. The van der Waals surface area contributed by atoms with Crippen LogP contribution in [-0.2, 0) is 0 Å². The fraction of sp³-hybridized carbons (Fsp3) is 0. The number of benzene rings is 1. The molecule has 0 spiro atoms. The van der Waals surface area contributed by atoms with Crippen LogP contribution in [0.4, 0.5) is 4.39 Å². The van der Waals surface area contributed by atoms with Gasteiger partial charge in [-0.1, -0.05) is 11.6 Å². The zero-order chi connectivity index (χ0) is 9.26. The van der Waals surface area contributed by atoms with E-state index in [4.69, 9.17) is 11.6 Å².